The lowest BCUT2D eigenvalue weighted by molar-refractivity contribution is -0.113. The maximum Gasteiger partial charge on any atom is 0.269 e. The van der Waals surface area contributed by atoms with Crippen molar-refractivity contribution in [3.05, 3.63) is 64.6 Å². The van der Waals surface area contributed by atoms with E-state index in [0.29, 0.717) is 44.6 Å². The van der Waals surface area contributed by atoms with Crippen LogP contribution >= 0.6 is 11.8 Å². The van der Waals surface area contributed by atoms with Gasteiger partial charge in [-0.15, -0.1) is 0 Å². The Bertz CT molecular complexity index is 1450. The van der Waals surface area contributed by atoms with Gasteiger partial charge in [0, 0.05) is 11.6 Å². The maximum absolute atomic E-state index is 13.1. The van der Waals surface area contributed by atoms with E-state index in [1.165, 1.54) is 17.7 Å². The fourth-order valence-electron chi connectivity index (χ4n) is 3.43. The number of nitrogens with one attached hydrogen (secondary N) is 2. The highest BCUT2D eigenvalue weighted by molar-refractivity contribution is 7.99. The molecule has 0 saturated heterocycles. The molecule has 3 heterocycles. The Kier molecular flexibility index (Phi) is 5.31. The van der Waals surface area contributed by atoms with Crippen LogP contribution in [-0.4, -0.2) is 44.0 Å². The Labute approximate surface area is 190 Å². The van der Waals surface area contributed by atoms with Gasteiger partial charge in [-0.1, -0.05) is 30.0 Å². The second kappa shape index (κ2) is 8.43. The van der Waals surface area contributed by atoms with E-state index < -0.39 is 0 Å². The molecule has 1 aliphatic rings. The molecule has 0 saturated carbocycles. The van der Waals surface area contributed by atoms with Crippen LogP contribution in [-0.2, 0) is 4.79 Å². The van der Waals surface area contributed by atoms with Gasteiger partial charge in [-0.3, -0.25) is 24.0 Å². The van der Waals surface area contributed by atoms with Gasteiger partial charge in [0.1, 0.15) is 5.39 Å². The first-order chi connectivity index (χ1) is 16.0. The van der Waals surface area contributed by atoms with Gasteiger partial charge >= 0.3 is 0 Å². The van der Waals surface area contributed by atoms with E-state index in [2.05, 4.69) is 20.5 Å². The largest absolute Gasteiger partial charge is 0.454 e. The lowest BCUT2D eigenvalue weighted by Crippen LogP contribution is -2.22. The molecule has 1 aliphatic heterocycles. The number of rotatable bonds is 6. The highest BCUT2D eigenvalue weighted by atomic mass is 32.2. The lowest BCUT2D eigenvalue weighted by atomic mass is 10.1. The summed E-state index contributed by atoms with van der Waals surface area (Å²) in [7, 11) is 0. The van der Waals surface area contributed by atoms with E-state index >= 15 is 0 Å². The van der Waals surface area contributed by atoms with E-state index in [9.17, 15) is 14.4 Å². The van der Waals surface area contributed by atoms with Gasteiger partial charge in [-0.2, -0.15) is 5.10 Å². The molecule has 2 aromatic carbocycles. The fraction of sp³-hybridized carbons (Fsp3) is 0.136. The van der Waals surface area contributed by atoms with Crippen molar-refractivity contribution in [1.29, 1.82) is 0 Å². The molecule has 10 nitrogen and oxygen atoms in total. The number of fused-ring (bicyclic) bond motifs is 2. The number of thioether (sulfide) groups is 1. The van der Waals surface area contributed by atoms with Gasteiger partial charge in [0.2, 0.25) is 12.7 Å². The number of hydrogen-bond donors (Lipinski definition) is 2. The number of ether oxygens (including phenoxy) is 2. The van der Waals surface area contributed by atoms with Crippen molar-refractivity contribution in [2.45, 2.75) is 12.1 Å². The molecular formula is C22H17N5O5S. The first kappa shape index (κ1) is 20.8. The molecule has 166 valence electrons. The van der Waals surface area contributed by atoms with Crippen molar-refractivity contribution in [3.8, 4) is 17.2 Å². The van der Waals surface area contributed by atoms with Gasteiger partial charge < -0.3 is 14.8 Å². The third-order valence-corrected chi connectivity index (χ3v) is 5.90. The average molecular weight is 463 g/mol. The van der Waals surface area contributed by atoms with Crippen LogP contribution in [0.2, 0.25) is 0 Å². The minimum Gasteiger partial charge on any atom is -0.454 e. The lowest BCUT2D eigenvalue weighted by Gasteiger charge is -2.13. The fourth-order valence-corrected chi connectivity index (χ4v) is 4.23. The molecule has 0 spiro atoms. The topological polar surface area (TPSA) is 128 Å². The van der Waals surface area contributed by atoms with Gasteiger partial charge in [0.25, 0.3) is 5.56 Å². The molecule has 0 unspecified atom stereocenters. The summed E-state index contributed by atoms with van der Waals surface area (Å²) in [6, 6.07) is 12.1. The maximum atomic E-state index is 13.1. The van der Waals surface area contributed by atoms with Crippen LogP contribution in [0.1, 0.15) is 17.3 Å². The normalized spacial score (nSPS) is 12.2. The number of para-hydroxylation sites is 1. The standard InChI is InChI=1S/C22H17N5O5S/c1-12(28)14-7-17-18(32-11-31-17)8-16(14)24-19(29)10-33-22-25-20-15(9-23-26-20)21(30)27(22)13-5-3-2-4-6-13/h2-9H,10-11H2,1H3,(H,23,26)(H,24,29). The second-order valence-electron chi connectivity index (χ2n) is 7.15. The van der Waals surface area contributed by atoms with Gasteiger partial charge in [-0.25, -0.2) is 4.98 Å². The summed E-state index contributed by atoms with van der Waals surface area (Å²) in [5, 5.41) is 10.0. The molecule has 0 atom stereocenters. The molecule has 11 heteroatoms. The van der Waals surface area contributed by atoms with Crippen molar-refractivity contribution in [1.82, 2.24) is 19.7 Å². The van der Waals surface area contributed by atoms with E-state index in [-0.39, 0.29) is 29.8 Å². The van der Waals surface area contributed by atoms with Crippen LogP contribution in [0.15, 0.2) is 58.6 Å². The Morgan fingerprint density at radius 3 is 2.70 bits per heavy atom. The zero-order valence-electron chi connectivity index (χ0n) is 17.3. The Balaban J connectivity index is 1.42. The molecule has 5 rings (SSSR count). The quantitative estimate of drug-likeness (QED) is 0.254. The van der Waals surface area contributed by atoms with Crippen LogP contribution in [0, 0.1) is 0 Å². The third-order valence-electron chi connectivity index (χ3n) is 4.96. The molecule has 33 heavy (non-hydrogen) atoms. The van der Waals surface area contributed by atoms with E-state index in [0.717, 1.165) is 11.8 Å². The Morgan fingerprint density at radius 1 is 1.18 bits per heavy atom. The van der Waals surface area contributed by atoms with Crippen LogP contribution in [0.5, 0.6) is 11.5 Å². The Morgan fingerprint density at radius 2 is 1.94 bits per heavy atom. The third kappa shape index (κ3) is 3.94. The van der Waals surface area contributed by atoms with Gasteiger partial charge in [-0.05, 0) is 25.1 Å². The predicted molar refractivity (Wildman–Crippen MR) is 121 cm³/mol. The second-order valence-corrected chi connectivity index (χ2v) is 8.09. The Hall–Kier alpha value is -4.12. The molecule has 0 bridgehead atoms. The first-order valence-corrected chi connectivity index (χ1v) is 10.9. The molecule has 1 amide bonds. The number of H-pyrrole nitrogens is 1. The summed E-state index contributed by atoms with van der Waals surface area (Å²) in [5.74, 6) is 0.259. The number of nitrogens with zero attached hydrogens (tertiary/aromatic N) is 3. The van der Waals surface area contributed by atoms with Crippen molar-refractivity contribution < 1.29 is 19.1 Å². The number of anilines is 1. The van der Waals surface area contributed by atoms with Gasteiger partial charge in [0.05, 0.1) is 23.3 Å². The van der Waals surface area contributed by atoms with Crippen LogP contribution in [0.4, 0.5) is 5.69 Å². The molecule has 4 aromatic rings. The number of Topliss-reactive ketones (excluding diaryl/α,β-unsaturated/α-hetero) is 1. The molecule has 2 N–H and O–H groups in total. The summed E-state index contributed by atoms with van der Waals surface area (Å²) in [4.78, 5) is 42.4. The molecule has 0 aliphatic carbocycles. The highest BCUT2D eigenvalue weighted by Crippen LogP contribution is 2.37. The number of carbonyl (C=O) groups is 2. The average Bonchev–Trinajstić information content (AvgIpc) is 3.47. The van der Waals surface area contributed by atoms with E-state index in [1.807, 2.05) is 18.2 Å². The smallest absolute Gasteiger partial charge is 0.269 e. The van der Waals surface area contributed by atoms with Crippen LogP contribution in [0.25, 0.3) is 16.7 Å². The highest BCUT2D eigenvalue weighted by Gasteiger charge is 2.21. The van der Waals surface area contributed by atoms with Crippen LogP contribution in [0.3, 0.4) is 0 Å². The number of carbonyl (C=O) groups excluding carboxylic acids is 2. The summed E-state index contributed by atoms with van der Waals surface area (Å²) in [6.07, 6.45) is 1.42. The predicted octanol–water partition coefficient (Wildman–Crippen LogP) is 2.77. The number of hydrogen-bond acceptors (Lipinski definition) is 8. The number of aromatic nitrogens is 4. The summed E-state index contributed by atoms with van der Waals surface area (Å²) in [5.41, 5.74) is 1.31. The van der Waals surface area contributed by atoms with Crippen molar-refractivity contribution >= 4 is 40.2 Å². The van der Waals surface area contributed by atoms with Crippen molar-refractivity contribution in [2.24, 2.45) is 0 Å². The van der Waals surface area contributed by atoms with Crippen molar-refractivity contribution in [3.63, 3.8) is 0 Å². The van der Waals surface area contributed by atoms with Gasteiger partial charge in [0.15, 0.2) is 28.1 Å². The van der Waals surface area contributed by atoms with E-state index in [1.54, 1.807) is 24.3 Å². The molecule has 0 fully saturated rings. The molecule has 0 radical (unpaired) electrons. The zero-order chi connectivity index (χ0) is 22.9. The monoisotopic (exact) mass is 463 g/mol. The summed E-state index contributed by atoms with van der Waals surface area (Å²) < 4.78 is 12.1. The number of amides is 1. The van der Waals surface area contributed by atoms with E-state index in [4.69, 9.17) is 9.47 Å². The first-order valence-electron chi connectivity index (χ1n) is 9.90. The number of ketones is 1. The number of aromatic amines is 1. The summed E-state index contributed by atoms with van der Waals surface area (Å²) >= 11 is 1.09. The molecule has 2 aromatic heterocycles. The minimum atomic E-state index is -0.375. The SMILES string of the molecule is CC(=O)c1cc2c(cc1NC(=O)CSc1nc3[nH]ncc3c(=O)n1-c1ccccc1)OCO2. The summed E-state index contributed by atoms with van der Waals surface area (Å²) in [6.45, 7) is 1.46. The number of benzene rings is 2. The van der Waals surface area contributed by atoms with Crippen LogP contribution < -0.4 is 20.3 Å². The minimum absolute atomic E-state index is 0.0509. The van der Waals surface area contributed by atoms with Crippen molar-refractivity contribution in [2.75, 3.05) is 17.9 Å². The molecular weight excluding hydrogens is 446 g/mol. The zero-order valence-corrected chi connectivity index (χ0v) is 18.1.